The molecular formula is C31H43Cl2N7O3. The summed E-state index contributed by atoms with van der Waals surface area (Å²) >= 11 is 0. The van der Waals surface area contributed by atoms with Gasteiger partial charge in [0, 0.05) is 38.0 Å². The zero-order valence-corrected chi connectivity index (χ0v) is 26.3. The van der Waals surface area contributed by atoms with Crippen molar-refractivity contribution >= 4 is 53.4 Å². The highest BCUT2D eigenvalue weighted by Crippen LogP contribution is 2.25. The van der Waals surface area contributed by atoms with Crippen LogP contribution in [0.5, 0.6) is 11.5 Å². The number of nitrogens with two attached hydrogens (primary N) is 1. The van der Waals surface area contributed by atoms with Gasteiger partial charge in [-0.25, -0.2) is 4.98 Å². The van der Waals surface area contributed by atoms with Gasteiger partial charge in [-0.05, 0) is 68.1 Å². The number of amidine groups is 2. The van der Waals surface area contributed by atoms with Crippen LogP contribution in [0.1, 0.15) is 63.3 Å². The quantitative estimate of drug-likeness (QED) is 0.177. The fourth-order valence-corrected chi connectivity index (χ4v) is 5.75. The lowest BCUT2D eigenvalue weighted by molar-refractivity contribution is -0.121. The number of nitrogen functional groups attached to an aromatic ring is 1. The molecule has 234 valence electrons. The minimum absolute atomic E-state index is 0. The Kier molecular flexibility index (Phi) is 12.5. The van der Waals surface area contributed by atoms with E-state index in [1.54, 1.807) is 12.1 Å². The van der Waals surface area contributed by atoms with E-state index in [2.05, 4.69) is 10.2 Å². The Bertz CT molecular complexity index is 1380. The minimum Gasteiger partial charge on any atom is -0.490 e. The van der Waals surface area contributed by atoms with Crippen LogP contribution in [0.3, 0.4) is 0 Å². The number of fused-ring (bicyclic) bond motifs is 1. The molecule has 5 rings (SSSR count). The van der Waals surface area contributed by atoms with Crippen molar-refractivity contribution in [3.05, 3.63) is 53.9 Å². The van der Waals surface area contributed by atoms with Crippen molar-refractivity contribution < 1.29 is 14.3 Å². The van der Waals surface area contributed by atoms with Gasteiger partial charge in [-0.1, -0.05) is 19.3 Å². The van der Waals surface area contributed by atoms with Gasteiger partial charge in [-0.3, -0.25) is 15.6 Å². The van der Waals surface area contributed by atoms with Gasteiger partial charge < -0.3 is 30.0 Å². The van der Waals surface area contributed by atoms with E-state index >= 15 is 0 Å². The molecule has 2 fully saturated rings. The average Bonchev–Trinajstić information content (AvgIpc) is 3.32. The monoisotopic (exact) mass is 631 g/mol. The van der Waals surface area contributed by atoms with E-state index in [9.17, 15) is 4.79 Å². The number of imidazole rings is 1. The van der Waals surface area contributed by atoms with Gasteiger partial charge in [0.05, 0.1) is 16.9 Å². The van der Waals surface area contributed by atoms with Crippen molar-refractivity contribution in [2.75, 3.05) is 19.6 Å². The Morgan fingerprint density at radius 3 is 2.33 bits per heavy atom. The van der Waals surface area contributed by atoms with Gasteiger partial charge in [0.1, 0.15) is 42.4 Å². The summed E-state index contributed by atoms with van der Waals surface area (Å²) in [7, 11) is 0. The standard InChI is InChI=1S/C31H41N7O3.2ClH/c1-21(32)37-15-13-26(14-16-37)41-25-10-8-24(9-11-25)40-20-29-36-27-17-23(31(33)34)7-12-28(27)38(29)19-30(39)35-18-22-5-3-2-4-6-22;;/h7-12,17,22,26,32H,2-6,13-16,18-20H2,1H3,(H3,33,34)(H,35,39);2*1H. The molecule has 1 amide bonds. The van der Waals surface area contributed by atoms with Crippen molar-refractivity contribution in [3.63, 3.8) is 0 Å². The fraction of sp³-hybridized carbons (Fsp3) is 0.484. The first-order valence-electron chi connectivity index (χ1n) is 14.7. The molecule has 2 aliphatic rings. The molecule has 1 saturated heterocycles. The van der Waals surface area contributed by atoms with Crippen molar-refractivity contribution in [1.29, 1.82) is 10.8 Å². The summed E-state index contributed by atoms with van der Waals surface area (Å²) in [6.07, 6.45) is 8.05. The summed E-state index contributed by atoms with van der Waals surface area (Å²) in [6.45, 7) is 4.54. The number of hydrogen-bond acceptors (Lipinski definition) is 6. The lowest BCUT2D eigenvalue weighted by Crippen LogP contribution is -2.40. The molecule has 0 bridgehead atoms. The van der Waals surface area contributed by atoms with E-state index in [1.807, 2.05) is 41.8 Å². The molecular weight excluding hydrogens is 589 g/mol. The van der Waals surface area contributed by atoms with E-state index in [1.165, 1.54) is 32.1 Å². The summed E-state index contributed by atoms with van der Waals surface area (Å²) in [5.74, 6) is 3.19. The van der Waals surface area contributed by atoms with E-state index in [0.717, 1.165) is 37.2 Å². The van der Waals surface area contributed by atoms with Crippen molar-refractivity contribution in [3.8, 4) is 11.5 Å². The van der Waals surface area contributed by atoms with Crippen LogP contribution in [-0.4, -0.2) is 57.8 Å². The summed E-state index contributed by atoms with van der Waals surface area (Å²) in [5.41, 5.74) is 7.76. The number of aromatic nitrogens is 2. The molecule has 0 unspecified atom stereocenters. The van der Waals surface area contributed by atoms with Crippen LogP contribution in [0.4, 0.5) is 0 Å². The van der Waals surface area contributed by atoms with Crippen LogP contribution >= 0.6 is 24.8 Å². The average molecular weight is 633 g/mol. The molecule has 1 aromatic heterocycles. The number of rotatable bonds is 10. The molecule has 10 nitrogen and oxygen atoms in total. The topological polar surface area (TPSA) is 142 Å². The summed E-state index contributed by atoms with van der Waals surface area (Å²) in [5, 5.41) is 18.7. The van der Waals surface area contributed by atoms with E-state index in [-0.39, 0.29) is 55.8 Å². The molecule has 1 aliphatic carbocycles. The number of amides is 1. The van der Waals surface area contributed by atoms with Crippen LogP contribution in [0, 0.1) is 16.7 Å². The van der Waals surface area contributed by atoms with Crippen molar-refractivity contribution in [2.45, 2.75) is 71.1 Å². The predicted octanol–water partition coefficient (Wildman–Crippen LogP) is 5.28. The molecule has 5 N–H and O–H groups in total. The number of halogens is 2. The van der Waals surface area contributed by atoms with Crippen molar-refractivity contribution in [1.82, 2.24) is 19.8 Å². The Balaban J connectivity index is 0.00000253. The molecule has 1 aliphatic heterocycles. The third-order valence-corrected chi connectivity index (χ3v) is 8.16. The lowest BCUT2D eigenvalue weighted by atomic mass is 9.89. The van der Waals surface area contributed by atoms with Crippen LogP contribution in [0.2, 0.25) is 0 Å². The second-order valence-electron chi connectivity index (χ2n) is 11.2. The van der Waals surface area contributed by atoms with Crippen LogP contribution in [0.25, 0.3) is 11.0 Å². The van der Waals surface area contributed by atoms with E-state index in [0.29, 0.717) is 41.0 Å². The number of piperidine rings is 1. The molecule has 2 aromatic carbocycles. The highest BCUT2D eigenvalue weighted by Gasteiger charge is 2.21. The first-order valence-corrected chi connectivity index (χ1v) is 14.7. The lowest BCUT2D eigenvalue weighted by Gasteiger charge is -2.32. The highest BCUT2D eigenvalue weighted by molar-refractivity contribution is 5.98. The first kappa shape index (κ1) is 34.0. The molecule has 0 radical (unpaired) electrons. The maximum absolute atomic E-state index is 13.0. The number of likely N-dealkylation sites (tertiary alicyclic amines) is 1. The second kappa shape index (κ2) is 15.8. The highest BCUT2D eigenvalue weighted by atomic mass is 35.5. The normalized spacial score (nSPS) is 15.7. The zero-order valence-electron chi connectivity index (χ0n) is 24.6. The number of benzene rings is 2. The molecule has 2 heterocycles. The summed E-state index contributed by atoms with van der Waals surface area (Å²) < 4.78 is 14.1. The Hall–Kier alpha value is -3.50. The minimum atomic E-state index is -0.0464. The molecule has 12 heteroatoms. The van der Waals surface area contributed by atoms with Gasteiger partial charge in [-0.2, -0.15) is 0 Å². The number of ether oxygens (including phenoxy) is 2. The summed E-state index contributed by atoms with van der Waals surface area (Å²) in [6, 6.07) is 13.0. The van der Waals surface area contributed by atoms with Gasteiger partial charge in [-0.15, -0.1) is 24.8 Å². The van der Waals surface area contributed by atoms with Crippen LogP contribution < -0.4 is 20.5 Å². The molecule has 0 atom stereocenters. The van der Waals surface area contributed by atoms with Crippen LogP contribution in [-0.2, 0) is 17.9 Å². The number of carbonyl (C=O) groups is 1. The van der Waals surface area contributed by atoms with Gasteiger partial charge in [0.15, 0.2) is 0 Å². The van der Waals surface area contributed by atoms with Crippen LogP contribution in [0.15, 0.2) is 42.5 Å². The number of carbonyl (C=O) groups excluding carboxylic acids is 1. The SMILES string of the molecule is CC(=N)N1CCC(Oc2ccc(OCc3nc4cc(C(=N)N)ccc4n3CC(=O)NCC3CCCCC3)cc2)CC1.Cl.Cl. The maximum Gasteiger partial charge on any atom is 0.240 e. The smallest absolute Gasteiger partial charge is 0.240 e. The third kappa shape index (κ3) is 9.00. The molecule has 43 heavy (non-hydrogen) atoms. The Labute approximate surface area is 265 Å². The largest absolute Gasteiger partial charge is 0.490 e. The van der Waals surface area contributed by atoms with E-state index in [4.69, 9.17) is 31.0 Å². The second-order valence-corrected chi connectivity index (χ2v) is 11.2. The number of nitrogens with zero attached hydrogens (tertiary/aromatic N) is 3. The predicted molar refractivity (Wildman–Crippen MR) is 174 cm³/mol. The van der Waals surface area contributed by atoms with Gasteiger partial charge in [0.2, 0.25) is 5.91 Å². The van der Waals surface area contributed by atoms with Crippen molar-refractivity contribution in [2.24, 2.45) is 11.7 Å². The maximum atomic E-state index is 13.0. The number of hydrogen-bond donors (Lipinski definition) is 4. The molecule has 0 spiro atoms. The third-order valence-electron chi connectivity index (χ3n) is 8.16. The Morgan fingerprint density at radius 2 is 1.67 bits per heavy atom. The molecule has 3 aromatic rings. The zero-order chi connectivity index (χ0) is 28.8. The fourth-order valence-electron chi connectivity index (χ4n) is 5.75. The summed E-state index contributed by atoms with van der Waals surface area (Å²) in [4.78, 5) is 19.8. The first-order chi connectivity index (χ1) is 19.9. The number of nitrogens with one attached hydrogen (secondary N) is 3. The van der Waals surface area contributed by atoms with E-state index < -0.39 is 0 Å². The van der Waals surface area contributed by atoms with Gasteiger partial charge >= 0.3 is 0 Å². The molecule has 1 saturated carbocycles. The Morgan fingerprint density at radius 1 is 1.00 bits per heavy atom. The van der Waals surface area contributed by atoms with Gasteiger partial charge in [0.25, 0.3) is 0 Å².